The predicted octanol–water partition coefficient (Wildman–Crippen LogP) is 3.27. The van der Waals surface area contributed by atoms with E-state index in [1.54, 1.807) is 6.07 Å². The van der Waals surface area contributed by atoms with Crippen molar-refractivity contribution >= 4 is 33.7 Å². The fourth-order valence-electron chi connectivity index (χ4n) is 1.79. The SMILES string of the molecule is C[C@H](Oc1ccccc1[N+](=O)[O-])C(=O)NN=Cc1ccccc1Br. The van der Waals surface area contributed by atoms with Crippen molar-refractivity contribution in [3.63, 3.8) is 0 Å². The number of carbonyl (C=O) groups excluding carboxylic acids is 1. The molecule has 2 aromatic rings. The Hall–Kier alpha value is -2.74. The number of para-hydroxylation sites is 2. The van der Waals surface area contributed by atoms with Crippen LogP contribution < -0.4 is 10.2 Å². The number of halogens is 1. The van der Waals surface area contributed by atoms with Gasteiger partial charge in [0.15, 0.2) is 11.9 Å². The fraction of sp³-hybridized carbons (Fsp3) is 0.125. The van der Waals surface area contributed by atoms with Crippen molar-refractivity contribution in [3.05, 3.63) is 68.7 Å². The Morgan fingerprint density at radius 3 is 2.67 bits per heavy atom. The minimum atomic E-state index is -0.942. The molecule has 0 aliphatic carbocycles. The summed E-state index contributed by atoms with van der Waals surface area (Å²) in [5, 5.41) is 14.8. The molecule has 0 aliphatic heterocycles. The van der Waals surface area contributed by atoms with E-state index >= 15 is 0 Å². The molecule has 0 aliphatic rings. The van der Waals surface area contributed by atoms with Gasteiger partial charge < -0.3 is 4.74 Å². The summed E-state index contributed by atoms with van der Waals surface area (Å²) in [7, 11) is 0. The molecule has 124 valence electrons. The summed E-state index contributed by atoms with van der Waals surface area (Å²) in [5.41, 5.74) is 2.94. The Morgan fingerprint density at radius 1 is 1.29 bits per heavy atom. The number of rotatable bonds is 6. The fourth-order valence-corrected chi connectivity index (χ4v) is 2.17. The molecule has 0 saturated heterocycles. The van der Waals surface area contributed by atoms with Gasteiger partial charge in [-0.05, 0) is 19.1 Å². The number of nitrogens with one attached hydrogen (secondary N) is 1. The van der Waals surface area contributed by atoms with Gasteiger partial charge in [-0.3, -0.25) is 14.9 Å². The van der Waals surface area contributed by atoms with E-state index in [0.29, 0.717) is 0 Å². The first kappa shape index (κ1) is 17.6. The maximum Gasteiger partial charge on any atom is 0.310 e. The molecule has 1 amide bonds. The van der Waals surface area contributed by atoms with E-state index in [9.17, 15) is 14.9 Å². The van der Waals surface area contributed by atoms with Crippen LogP contribution in [0.15, 0.2) is 58.1 Å². The molecule has 0 unspecified atom stereocenters. The highest BCUT2D eigenvalue weighted by Crippen LogP contribution is 2.26. The van der Waals surface area contributed by atoms with E-state index in [1.807, 2.05) is 24.3 Å². The maximum atomic E-state index is 12.0. The molecular weight excluding hydrogens is 378 g/mol. The summed E-state index contributed by atoms with van der Waals surface area (Å²) in [4.78, 5) is 22.3. The molecule has 8 heteroatoms. The summed E-state index contributed by atoms with van der Waals surface area (Å²) in [5.74, 6) is -0.489. The Morgan fingerprint density at radius 2 is 1.96 bits per heavy atom. The van der Waals surface area contributed by atoms with Crippen LogP contribution in [-0.2, 0) is 4.79 Å². The minimum Gasteiger partial charge on any atom is -0.474 e. The highest BCUT2D eigenvalue weighted by atomic mass is 79.9. The third-order valence-electron chi connectivity index (χ3n) is 3.02. The molecule has 24 heavy (non-hydrogen) atoms. The lowest BCUT2D eigenvalue weighted by atomic mass is 10.2. The standard InChI is InChI=1S/C16H14BrN3O4/c1-11(24-15-9-5-4-8-14(15)20(22)23)16(21)19-18-10-12-6-2-3-7-13(12)17/h2-11H,1H3,(H,19,21)/t11-/m0/s1. The molecule has 0 radical (unpaired) electrons. The molecule has 0 spiro atoms. The van der Waals surface area contributed by atoms with Gasteiger partial charge in [0.1, 0.15) is 0 Å². The monoisotopic (exact) mass is 391 g/mol. The number of nitro benzene ring substituents is 1. The molecule has 1 N–H and O–H groups in total. The molecule has 7 nitrogen and oxygen atoms in total. The lowest BCUT2D eigenvalue weighted by Gasteiger charge is -2.12. The quantitative estimate of drug-likeness (QED) is 0.464. The van der Waals surface area contributed by atoms with Crippen LogP contribution in [0.2, 0.25) is 0 Å². The number of benzene rings is 2. The number of ether oxygens (including phenoxy) is 1. The van der Waals surface area contributed by atoms with Crippen LogP contribution in [0.3, 0.4) is 0 Å². The van der Waals surface area contributed by atoms with Gasteiger partial charge in [0.25, 0.3) is 5.91 Å². The minimum absolute atomic E-state index is 0.0277. The first-order valence-electron chi connectivity index (χ1n) is 6.96. The van der Waals surface area contributed by atoms with Crippen LogP contribution in [0.4, 0.5) is 5.69 Å². The molecule has 0 bridgehead atoms. The zero-order valence-corrected chi connectivity index (χ0v) is 14.3. The van der Waals surface area contributed by atoms with Crippen molar-refractivity contribution in [1.29, 1.82) is 0 Å². The van der Waals surface area contributed by atoms with E-state index in [2.05, 4.69) is 26.5 Å². The van der Waals surface area contributed by atoms with Crippen LogP contribution in [0.25, 0.3) is 0 Å². The number of carbonyl (C=O) groups is 1. The second kappa shape index (κ2) is 8.21. The number of hydrogen-bond donors (Lipinski definition) is 1. The van der Waals surface area contributed by atoms with Crippen LogP contribution in [-0.4, -0.2) is 23.1 Å². The normalized spacial score (nSPS) is 11.9. The van der Waals surface area contributed by atoms with Crippen LogP contribution >= 0.6 is 15.9 Å². The molecule has 0 saturated carbocycles. The molecular formula is C16H14BrN3O4. The van der Waals surface area contributed by atoms with Crippen molar-refractivity contribution in [2.45, 2.75) is 13.0 Å². The van der Waals surface area contributed by atoms with Gasteiger partial charge >= 0.3 is 5.69 Å². The average molecular weight is 392 g/mol. The summed E-state index contributed by atoms with van der Waals surface area (Å²) in [6, 6.07) is 13.3. The lowest BCUT2D eigenvalue weighted by molar-refractivity contribution is -0.386. The molecule has 2 rings (SSSR count). The number of amides is 1. The number of hydrogen-bond acceptors (Lipinski definition) is 5. The highest BCUT2D eigenvalue weighted by Gasteiger charge is 2.20. The van der Waals surface area contributed by atoms with Gasteiger partial charge in [-0.25, -0.2) is 5.43 Å². The number of nitrogens with zero attached hydrogens (tertiary/aromatic N) is 2. The molecule has 0 heterocycles. The van der Waals surface area contributed by atoms with E-state index in [0.717, 1.165) is 10.0 Å². The van der Waals surface area contributed by atoms with Crippen LogP contribution in [0.5, 0.6) is 5.75 Å². The van der Waals surface area contributed by atoms with Gasteiger partial charge in [0, 0.05) is 16.1 Å². The largest absolute Gasteiger partial charge is 0.474 e. The van der Waals surface area contributed by atoms with Gasteiger partial charge in [-0.2, -0.15) is 5.10 Å². The summed E-state index contributed by atoms with van der Waals surface area (Å²) in [6.07, 6.45) is 0.544. The van der Waals surface area contributed by atoms with Crippen molar-refractivity contribution in [1.82, 2.24) is 5.43 Å². The Labute approximate surface area is 146 Å². The molecule has 1 atom stereocenters. The van der Waals surface area contributed by atoms with Crippen molar-refractivity contribution in [2.75, 3.05) is 0 Å². The van der Waals surface area contributed by atoms with Crippen molar-refractivity contribution < 1.29 is 14.5 Å². The second-order valence-electron chi connectivity index (χ2n) is 4.74. The number of nitro groups is 1. The van der Waals surface area contributed by atoms with Crippen molar-refractivity contribution in [3.8, 4) is 5.75 Å². The third-order valence-corrected chi connectivity index (χ3v) is 3.74. The smallest absolute Gasteiger partial charge is 0.310 e. The van der Waals surface area contributed by atoms with E-state index in [-0.39, 0.29) is 11.4 Å². The third kappa shape index (κ3) is 4.63. The highest BCUT2D eigenvalue weighted by molar-refractivity contribution is 9.10. The second-order valence-corrected chi connectivity index (χ2v) is 5.60. The topological polar surface area (TPSA) is 93.8 Å². The molecule has 0 aromatic heterocycles. The predicted molar refractivity (Wildman–Crippen MR) is 93.1 cm³/mol. The van der Waals surface area contributed by atoms with E-state index in [1.165, 1.54) is 31.3 Å². The van der Waals surface area contributed by atoms with Crippen molar-refractivity contribution in [2.24, 2.45) is 5.10 Å². The Balaban J connectivity index is 1.98. The van der Waals surface area contributed by atoms with Gasteiger partial charge in [-0.1, -0.05) is 46.3 Å². The zero-order chi connectivity index (χ0) is 17.5. The maximum absolute atomic E-state index is 12.0. The molecule has 0 fully saturated rings. The summed E-state index contributed by atoms with van der Waals surface area (Å²) < 4.78 is 6.20. The first-order chi connectivity index (χ1) is 11.5. The lowest BCUT2D eigenvalue weighted by Crippen LogP contribution is -2.33. The Kier molecular flexibility index (Phi) is 6.02. The summed E-state index contributed by atoms with van der Waals surface area (Å²) >= 11 is 3.37. The first-order valence-corrected chi connectivity index (χ1v) is 7.76. The van der Waals surface area contributed by atoms with E-state index < -0.39 is 16.9 Å². The zero-order valence-electron chi connectivity index (χ0n) is 12.7. The summed E-state index contributed by atoms with van der Waals surface area (Å²) in [6.45, 7) is 1.49. The molecule has 2 aromatic carbocycles. The van der Waals surface area contributed by atoms with Crippen LogP contribution in [0.1, 0.15) is 12.5 Å². The average Bonchev–Trinajstić information content (AvgIpc) is 2.56. The van der Waals surface area contributed by atoms with E-state index in [4.69, 9.17) is 4.74 Å². The van der Waals surface area contributed by atoms with Gasteiger partial charge in [0.2, 0.25) is 0 Å². The van der Waals surface area contributed by atoms with Gasteiger partial charge in [0.05, 0.1) is 11.1 Å². The van der Waals surface area contributed by atoms with Crippen LogP contribution in [0, 0.1) is 10.1 Å². The van der Waals surface area contributed by atoms with Gasteiger partial charge in [-0.15, -0.1) is 0 Å². The Bertz CT molecular complexity index is 779. The number of hydrazone groups is 1.